The van der Waals surface area contributed by atoms with Gasteiger partial charge in [-0.2, -0.15) is 0 Å². The molecule has 2 radical (unpaired) electrons. The van der Waals surface area contributed by atoms with Crippen molar-refractivity contribution in [3.63, 3.8) is 0 Å². The third kappa shape index (κ3) is 4.36. The summed E-state index contributed by atoms with van der Waals surface area (Å²) in [5.74, 6) is 0.660. The number of rotatable bonds is 7. The SMILES string of the molecule is [B]NCCc1ccc2nc(C)c(-c3nc(-c4ccccc4)c(-c4ncn(C5CCCCO5)n4)s3)n2c1. The summed E-state index contributed by atoms with van der Waals surface area (Å²) in [7, 11) is 5.49. The lowest BCUT2D eigenvalue weighted by atomic mass is 10.1. The van der Waals surface area contributed by atoms with Crippen LogP contribution in [0.2, 0.25) is 0 Å². The molecule has 1 aliphatic heterocycles. The second-order valence-corrected chi connectivity index (χ2v) is 9.95. The van der Waals surface area contributed by atoms with Gasteiger partial charge >= 0.3 is 0 Å². The molecule has 1 saturated heterocycles. The summed E-state index contributed by atoms with van der Waals surface area (Å²) in [6.45, 7) is 3.49. The third-order valence-electron chi connectivity index (χ3n) is 6.45. The molecule has 1 aromatic carbocycles. The van der Waals surface area contributed by atoms with Gasteiger partial charge in [0.25, 0.3) is 0 Å². The van der Waals surface area contributed by atoms with Crippen LogP contribution in [0.25, 0.3) is 38.3 Å². The van der Waals surface area contributed by atoms with E-state index >= 15 is 0 Å². The Bertz CT molecular complexity index is 1490. The maximum absolute atomic E-state index is 5.92. The molecule has 1 atom stereocenters. The molecule has 1 unspecified atom stereocenters. The number of aryl methyl sites for hydroxylation is 1. The maximum atomic E-state index is 5.92. The number of imidazole rings is 1. The standard InChI is InChI=1S/C26H26BN7OS/c1-17-23(33-15-18(12-13-29-27)10-11-20(33)30-17)26-31-22(19-7-3-2-4-8-19)24(36-26)25-28-16-34(32-25)21-9-5-6-14-35-21/h2-4,7-8,10-11,15-16,21,29H,5-6,9,12-14H2,1H3. The highest BCUT2D eigenvalue weighted by molar-refractivity contribution is 7.18. The number of nitrogens with one attached hydrogen (secondary N) is 1. The highest BCUT2D eigenvalue weighted by Crippen LogP contribution is 2.40. The predicted octanol–water partition coefficient (Wildman–Crippen LogP) is 4.61. The molecule has 4 aromatic heterocycles. The molecule has 6 rings (SSSR count). The van der Waals surface area contributed by atoms with Crippen LogP contribution in [0.3, 0.4) is 0 Å². The van der Waals surface area contributed by atoms with Crippen LogP contribution >= 0.6 is 11.3 Å². The van der Waals surface area contributed by atoms with Gasteiger partial charge in [-0.15, -0.1) is 16.4 Å². The molecule has 0 spiro atoms. The molecule has 1 aliphatic rings. The second-order valence-electron chi connectivity index (χ2n) is 8.95. The summed E-state index contributed by atoms with van der Waals surface area (Å²) in [6, 6.07) is 14.3. The Kier molecular flexibility index (Phi) is 6.39. The molecule has 1 fully saturated rings. The van der Waals surface area contributed by atoms with Crippen molar-refractivity contribution in [2.75, 3.05) is 13.2 Å². The van der Waals surface area contributed by atoms with Crippen molar-refractivity contribution in [2.24, 2.45) is 0 Å². The highest BCUT2D eigenvalue weighted by Gasteiger charge is 2.24. The molecule has 1 N–H and O–H groups in total. The molecule has 0 aliphatic carbocycles. The summed E-state index contributed by atoms with van der Waals surface area (Å²) in [4.78, 5) is 15.5. The first kappa shape index (κ1) is 23.1. The van der Waals surface area contributed by atoms with Crippen LogP contribution in [0.15, 0.2) is 55.0 Å². The molecule has 0 amide bonds. The molecule has 5 aromatic rings. The van der Waals surface area contributed by atoms with Gasteiger partial charge in [0, 0.05) is 18.4 Å². The van der Waals surface area contributed by atoms with E-state index in [1.807, 2.05) is 35.9 Å². The van der Waals surface area contributed by atoms with Gasteiger partial charge in [0.15, 0.2) is 20.0 Å². The largest absolute Gasteiger partial charge is 0.366 e. The third-order valence-corrected chi connectivity index (χ3v) is 7.51. The lowest BCUT2D eigenvalue weighted by Crippen LogP contribution is -2.18. The minimum Gasteiger partial charge on any atom is -0.366 e. The quantitative estimate of drug-likeness (QED) is 0.332. The number of thiazole rings is 1. The van der Waals surface area contributed by atoms with E-state index in [1.165, 1.54) is 5.56 Å². The second kappa shape index (κ2) is 9.96. The first-order valence-electron chi connectivity index (χ1n) is 12.2. The minimum atomic E-state index is -0.0602. The first-order valence-corrected chi connectivity index (χ1v) is 13.0. The number of fused-ring (bicyclic) bond motifs is 1. The minimum absolute atomic E-state index is 0.0602. The zero-order chi connectivity index (χ0) is 24.5. The van der Waals surface area contributed by atoms with Crippen molar-refractivity contribution in [1.82, 2.24) is 34.4 Å². The lowest BCUT2D eigenvalue weighted by Gasteiger charge is -2.21. The molecule has 5 heterocycles. The zero-order valence-electron chi connectivity index (χ0n) is 20.1. The number of ether oxygens (including phenoxy) is 1. The number of hydrogen-bond donors (Lipinski definition) is 1. The topological polar surface area (TPSA) is 82.2 Å². The van der Waals surface area contributed by atoms with Crippen LogP contribution in [0.1, 0.15) is 36.7 Å². The molecule has 180 valence electrons. The van der Waals surface area contributed by atoms with E-state index in [0.717, 1.165) is 70.5 Å². The van der Waals surface area contributed by atoms with Crippen molar-refractivity contribution in [1.29, 1.82) is 0 Å². The van der Waals surface area contributed by atoms with Crippen LogP contribution in [0, 0.1) is 6.92 Å². The van der Waals surface area contributed by atoms with Gasteiger partial charge in [0.05, 0.1) is 11.4 Å². The van der Waals surface area contributed by atoms with Crippen LogP contribution in [-0.4, -0.2) is 50.3 Å². The van der Waals surface area contributed by atoms with E-state index in [9.17, 15) is 0 Å². The Hall–Kier alpha value is -3.34. The number of nitrogens with zero attached hydrogens (tertiary/aromatic N) is 6. The fraction of sp³-hybridized carbons (Fsp3) is 0.308. The Morgan fingerprint density at radius 3 is 2.83 bits per heavy atom. The van der Waals surface area contributed by atoms with Crippen LogP contribution in [-0.2, 0) is 11.2 Å². The van der Waals surface area contributed by atoms with Crippen molar-refractivity contribution >= 4 is 25.0 Å². The van der Waals surface area contributed by atoms with Gasteiger partial charge in [0.1, 0.15) is 27.6 Å². The van der Waals surface area contributed by atoms with Crippen molar-refractivity contribution < 1.29 is 4.74 Å². The van der Waals surface area contributed by atoms with Crippen LogP contribution in [0.5, 0.6) is 0 Å². The Labute approximate surface area is 214 Å². The molecule has 36 heavy (non-hydrogen) atoms. The van der Waals surface area contributed by atoms with Gasteiger partial charge in [-0.25, -0.2) is 19.6 Å². The number of hydrogen-bond acceptors (Lipinski definition) is 7. The van der Waals surface area contributed by atoms with Gasteiger partial charge in [-0.1, -0.05) is 36.4 Å². The smallest absolute Gasteiger partial charge is 0.193 e. The normalized spacial score (nSPS) is 16.1. The Balaban J connectivity index is 1.46. The lowest BCUT2D eigenvalue weighted by molar-refractivity contribution is -0.0395. The first-order chi connectivity index (χ1) is 17.7. The van der Waals surface area contributed by atoms with E-state index in [4.69, 9.17) is 27.8 Å². The molecular weight excluding hydrogens is 469 g/mol. The molecular formula is C26H26BN7OS. The fourth-order valence-electron chi connectivity index (χ4n) is 4.64. The maximum Gasteiger partial charge on any atom is 0.193 e. The average molecular weight is 495 g/mol. The Morgan fingerprint density at radius 2 is 2.03 bits per heavy atom. The molecule has 0 saturated carbocycles. The number of pyridine rings is 1. The van der Waals surface area contributed by atoms with Gasteiger partial charge in [0.2, 0.25) is 0 Å². The van der Waals surface area contributed by atoms with Crippen molar-refractivity contribution in [2.45, 2.75) is 38.8 Å². The fourth-order valence-corrected chi connectivity index (χ4v) is 5.76. The van der Waals surface area contributed by atoms with Gasteiger partial charge in [-0.05, 0) is 50.8 Å². The van der Waals surface area contributed by atoms with Gasteiger partial charge in [-0.3, -0.25) is 4.40 Å². The number of benzene rings is 1. The predicted molar refractivity (Wildman–Crippen MR) is 142 cm³/mol. The monoisotopic (exact) mass is 495 g/mol. The molecule has 0 bridgehead atoms. The summed E-state index contributed by atoms with van der Waals surface area (Å²) < 4.78 is 9.89. The highest BCUT2D eigenvalue weighted by atomic mass is 32.1. The summed E-state index contributed by atoms with van der Waals surface area (Å²) in [6.07, 6.45) is 7.84. The summed E-state index contributed by atoms with van der Waals surface area (Å²) in [5.41, 5.74) is 5.88. The van der Waals surface area contributed by atoms with Crippen molar-refractivity contribution in [3.8, 4) is 32.7 Å². The van der Waals surface area contributed by atoms with Crippen LogP contribution < -0.4 is 5.23 Å². The summed E-state index contributed by atoms with van der Waals surface area (Å²) in [5, 5.41) is 8.44. The van der Waals surface area contributed by atoms with E-state index < -0.39 is 0 Å². The Morgan fingerprint density at radius 1 is 1.14 bits per heavy atom. The van der Waals surface area contributed by atoms with Crippen LogP contribution in [0.4, 0.5) is 0 Å². The van der Waals surface area contributed by atoms with E-state index in [-0.39, 0.29) is 6.23 Å². The zero-order valence-corrected chi connectivity index (χ0v) is 20.9. The van der Waals surface area contributed by atoms with E-state index in [1.54, 1.807) is 17.7 Å². The number of aromatic nitrogens is 6. The average Bonchev–Trinajstić information content (AvgIpc) is 3.64. The molecule has 10 heteroatoms. The summed E-state index contributed by atoms with van der Waals surface area (Å²) >= 11 is 1.59. The van der Waals surface area contributed by atoms with E-state index in [2.05, 4.69) is 39.0 Å². The van der Waals surface area contributed by atoms with Gasteiger partial charge < -0.3 is 9.96 Å². The van der Waals surface area contributed by atoms with Crippen molar-refractivity contribution in [3.05, 3.63) is 66.2 Å². The van der Waals surface area contributed by atoms with E-state index in [0.29, 0.717) is 12.4 Å². The molecule has 8 nitrogen and oxygen atoms in total.